The van der Waals surface area contributed by atoms with Crippen molar-refractivity contribution >= 4 is 50.4 Å². The van der Waals surface area contributed by atoms with Gasteiger partial charge in [-0.05, 0) is 6.07 Å². The second-order valence-electron chi connectivity index (χ2n) is 13.7. The number of carbonyl (C=O) groups is 1. The molecule has 0 aliphatic rings. The van der Waals surface area contributed by atoms with Gasteiger partial charge in [0.2, 0.25) is 17.8 Å². The van der Waals surface area contributed by atoms with Crippen LogP contribution in [0.5, 0.6) is 0 Å². The Hall–Kier alpha value is -7.54. The van der Waals surface area contributed by atoms with E-state index in [-0.39, 0.29) is 18.0 Å². The Labute approximate surface area is 357 Å². The van der Waals surface area contributed by atoms with E-state index in [2.05, 4.69) is 0 Å². The van der Waals surface area contributed by atoms with Gasteiger partial charge in [-0.1, -0.05) is 42.5 Å². The van der Waals surface area contributed by atoms with Crippen molar-refractivity contribution in [1.82, 2.24) is 0 Å². The molecule has 0 N–H and O–H groups in total. The first-order chi connectivity index (χ1) is 31.4. The molecule has 5 nitrogen and oxygen atoms in total. The molecule has 0 atom stereocenters. The van der Waals surface area contributed by atoms with E-state index in [1.807, 2.05) is 18.2 Å². The minimum atomic E-state index is -7.22. The maximum Gasteiger partial charge on any atom is 0.289 e. The summed E-state index contributed by atoms with van der Waals surface area (Å²) < 4.78 is 296. The minimum absolute atomic E-state index is 0.0374. The Morgan fingerprint density at radius 3 is 1.01 bits per heavy atom. The number of halogens is 20. The highest BCUT2D eigenvalue weighted by atomic mass is 19.2. The van der Waals surface area contributed by atoms with Crippen molar-refractivity contribution in [2.75, 3.05) is 0 Å². The number of para-hydroxylation sites is 1. The lowest BCUT2D eigenvalue weighted by Gasteiger charge is -2.44. The molecular weight excluding hydrogens is 959 g/mol. The van der Waals surface area contributed by atoms with E-state index in [4.69, 9.17) is 0 Å². The highest BCUT2D eigenvalue weighted by Gasteiger charge is 2.52. The zero-order valence-electron chi connectivity index (χ0n) is 31.8. The molecule has 7 rings (SSSR count). The Balaban J connectivity index is 0.000000279. The number of nitrogens with zero attached hydrogens (tertiary/aromatic N) is 2. The summed E-state index contributed by atoms with van der Waals surface area (Å²) in [6.45, 7) is 0.141. The fourth-order valence-electron chi connectivity index (χ4n) is 7.31. The third-order valence-corrected chi connectivity index (χ3v) is 10.2. The molecule has 0 radical (unpaired) electrons. The monoisotopic (exact) mass is 972 g/mol. The number of benzene rings is 6. The lowest BCUT2D eigenvalue weighted by molar-refractivity contribution is -0.657. The molecule has 0 saturated carbocycles. The first kappa shape index (κ1) is 48.9. The van der Waals surface area contributed by atoms with Crippen LogP contribution in [-0.2, 0) is 6.54 Å². The molecule has 348 valence electrons. The number of ketones is 1. The minimum Gasteiger partial charge on any atom is -0.287 e. The van der Waals surface area contributed by atoms with Crippen LogP contribution >= 0.6 is 0 Å². The van der Waals surface area contributed by atoms with Crippen molar-refractivity contribution in [2.24, 2.45) is 0 Å². The Morgan fingerprint density at radius 2 is 0.701 bits per heavy atom. The molecule has 0 aliphatic carbocycles. The summed E-state index contributed by atoms with van der Waals surface area (Å²) in [4.78, 5) is 23.0. The summed E-state index contributed by atoms with van der Waals surface area (Å²) >= 11 is 0. The molecule has 6 aromatic carbocycles. The number of hydrogen-bond donors (Lipinski definition) is 0. The SMILES string of the molecule is Fc1c(F)c(F)c([B-](c2c(F)c(F)c(F)c(F)c2F)(c2c(F)c(F)c(F)c(F)c2F)c2c(F)c(F)c(F)c(F)c2F)c(F)c1F.O=C(C[n+]1ccc([N+](=O)[O-])c2ccccc21)c1ccccc1. The number of hydrogen-bond acceptors (Lipinski definition) is 3. The second kappa shape index (κ2) is 18.0. The van der Waals surface area contributed by atoms with Gasteiger partial charge >= 0.3 is 0 Å². The van der Waals surface area contributed by atoms with Gasteiger partial charge in [-0.3, -0.25) is 14.9 Å². The molecule has 0 saturated heterocycles. The van der Waals surface area contributed by atoms with E-state index in [1.54, 1.807) is 47.2 Å². The molecule has 0 unspecified atom stereocenters. The van der Waals surface area contributed by atoms with E-state index in [0.717, 1.165) is 0 Å². The normalized spacial score (nSPS) is 11.5. The van der Waals surface area contributed by atoms with E-state index < -0.39 is 149 Å². The predicted octanol–water partition coefficient (Wildman–Crippen LogP) is 8.76. The lowest BCUT2D eigenvalue weighted by atomic mass is 9.12. The van der Waals surface area contributed by atoms with Crippen LogP contribution in [0.2, 0.25) is 0 Å². The van der Waals surface area contributed by atoms with Gasteiger partial charge in [-0.25, -0.2) is 87.8 Å². The summed E-state index contributed by atoms with van der Waals surface area (Å²) in [6, 6.07) is 17.4. The van der Waals surface area contributed by atoms with Gasteiger partial charge in [0.15, 0.2) is 76.0 Å². The molecule has 0 bridgehead atoms. The zero-order valence-corrected chi connectivity index (χ0v) is 31.8. The van der Waals surface area contributed by atoms with Crippen molar-refractivity contribution in [1.29, 1.82) is 0 Å². The first-order valence-electron chi connectivity index (χ1n) is 17.7. The van der Waals surface area contributed by atoms with Gasteiger partial charge in [0, 0.05) is 11.6 Å². The third kappa shape index (κ3) is 7.61. The number of aromatic nitrogens is 1. The number of carbonyl (C=O) groups excluding carboxylic acids is 1. The van der Waals surface area contributed by atoms with Crippen molar-refractivity contribution in [3.63, 3.8) is 0 Å². The average Bonchev–Trinajstić information content (AvgIpc) is 3.31. The average molecular weight is 972 g/mol. The van der Waals surface area contributed by atoms with Gasteiger partial charge < -0.3 is 0 Å². The first-order valence-corrected chi connectivity index (χ1v) is 17.7. The molecule has 0 spiro atoms. The van der Waals surface area contributed by atoms with Gasteiger partial charge in [-0.15, -0.1) is 21.9 Å². The smallest absolute Gasteiger partial charge is 0.287 e. The number of pyridine rings is 1. The maximum atomic E-state index is 15.4. The largest absolute Gasteiger partial charge is 0.289 e. The molecule has 0 aliphatic heterocycles. The van der Waals surface area contributed by atoms with E-state index in [9.17, 15) is 67.6 Å². The Bertz CT molecular complexity index is 2850. The second-order valence-corrected chi connectivity index (χ2v) is 13.7. The lowest BCUT2D eigenvalue weighted by Crippen LogP contribution is -2.81. The maximum absolute atomic E-state index is 15.4. The summed E-state index contributed by atoms with van der Waals surface area (Å²) in [6.07, 6.45) is -5.63. The molecular formula is C41H13BF20N2O3. The molecule has 1 aromatic heterocycles. The van der Waals surface area contributed by atoms with E-state index in [0.29, 0.717) is 16.5 Å². The highest BCUT2D eigenvalue weighted by Crippen LogP contribution is 2.31. The fraction of sp³-hybridized carbons (Fsp3) is 0.0244. The summed E-state index contributed by atoms with van der Waals surface area (Å²) in [5, 5.41) is 11.6. The quantitative estimate of drug-likeness (QED) is 0.0224. The van der Waals surface area contributed by atoms with Gasteiger partial charge in [0.1, 0.15) is 58.1 Å². The zero-order chi connectivity index (χ0) is 49.9. The Morgan fingerprint density at radius 1 is 0.418 bits per heavy atom. The van der Waals surface area contributed by atoms with Crippen molar-refractivity contribution in [2.45, 2.75) is 6.54 Å². The molecule has 0 amide bonds. The van der Waals surface area contributed by atoms with E-state index >= 15 is 35.1 Å². The van der Waals surface area contributed by atoms with Gasteiger partial charge in [0.05, 0.1) is 11.0 Å². The van der Waals surface area contributed by atoms with Gasteiger partial charge in [0.25, 0.3) is 5.69 Å². The number of nitro groups is 1. The van der Waals surface area contributed by atoms with Crippen LogP contribution in [0.15, 0.2) is 66.9 Å². The van der Waals surface area contributed by atoms with Crippen LogP contribution in [0.4, 0.5) is 93.5 Å². The number of rotatable bonds is 8. The van der Waals surface area contributed by atoms with Crippen LogP contribution < -0.4 is 26.4 Å². The molecule has 0 fully saturated rings. The summed E-state index contributed by atoms with van der Waals surface area (Å²) in [5.74, 6) is -71.4. The summed E-state index contributed by atoms with van der Waals surface area (Å²) in [5.41, 5.74) is -13.0. The predicted molar refractivity (Wildman–Crippen MR) is 191 cm³/mol. The number of Topliss-reactive ketones (excluding diaryl/α,β-unsaturated/α-hetero) is 1. The summed E-state index contributed by atoms with van der Waals surface area (Å²) in [7, 11) is 0. The molecule has 26 heteroatoms. The van der Waals surface area contributed by atoms with E-state index in [1.165, 1.54) is 6.07 Å². The van der Waals surface area contributed by atoms with Crippen LogP contribution in [0, 0.1) is 126 Å². The fourth-order valence-corrected chi connectivity index (χ4v) is 7.31. The molecule has 1 heterocycles. The molecule has 67 heavy (non-hydrogen) atoms. The van der Waals surface area contributed by atoms with Crippen molar-refractivity contribution in [3.8, 4) is 0 Å². The standard InChI is InChI=1S/C24BF20.C17H13N2O3/c26-5-1(6(27)14(35)21(42)13(5)34)25(2-7(28)15(36)22(43)16(37)8(2)29,3-9(30)17(38)23(44)18(39)10(3)31)4-11(32)19(40)24(45)20(41)12(4)33;20-17(13-6-2-1-3-7-13)12-18-11-10-16(19(21)22)14-8-4-5-9-15(14)18/h;1-11H,12H2/q-1;+1. The van der Waals surface area contributed by atoms with Crippen LogP contribution in [0.1, 0.15) is 10.4 Å². The Kier molecular flexibility index (Phi) is 13.2. The van der Waals surface area contributed by atoms with Crippen molar-refractivity contribution in [3.05, 3.63) is 199 Å². The van der Waals surface area contributed by atoms with Crippen molar-refractivity contribution < 1.29 is 102 Å². The highest BCUT2D eigenvalue weighted by molar-refractivity contribution is 7.20. The number of fused-ring (bicyclic) bond motifs is 1. The topological polar surface area (TPSA) is 64.1 Å². The van der Waals surface area contributed by atoms with Crippen LogP contribution in [-0.4, -0.2) is 16.9 Å². The van der Waals surface area contributed by atoms with Gasteiger partial charge in [-0.2, -0.15) is 4.57 Å². The molecule has 7 aromatic rings. The van der Waals surface area contributed by atoms with Crippen LogP contribution in [0.25, 0.3) is 10.9 Å². The van der Waals surface area contributed by atoms with Crippen LogP contribution in [0.3, 0.4) is 0 Å². The third-order valence-electron chi connectivity index (χ3n) is 10.2.